The first-order chi connectivity index (χ1) is 19.8. The van der Waals surface area contributed by atoms with Crippen molar-refractivity contribution >= 4 is 0 Å². The number of hydrogen-bond acceptors (Lipinski definition) is 6. The van der Waals surface area contributed by atoms with E-state index in [-0.39, 0.29) is 6.61 Å². The minimum Gasteiger partial charge on any atom is -0.374 e. The first-order valence-electron chi connectivity index (χ1n) is 13.7. The van der Waals surface area contributed by atoms with Gasteiger partial charge in [0.05, 0.1) is 33.0 Å². The fourth-order valence-corrected chi connectivity index (χ4v) is 4.77. The SMILES string of the molecule is O[C@H]1O[C@H](COCc2ccccc2)[C@@H](OCc2ccccc2)[C@@H](OCc2ccccc2)[C@H]1OCc1ccccc1. The van der Waals surface area contributed by atoms with Crippen molar-refractivity contribution in [1.29, 1.82) is 0 Å². The van der Waals surface area contributed by atoms with Gasteiger partial charge in [0.15, 0.2) is 6.29 Å². The molecule has 0 aromatic heterocycles. The summed E-state index contributed by atoms with van der Waals surface area (Å²) in [4.78, 5) is 0. The maximum atomic E-state index is 11.2. The Kier molecular flexibility index (Phi) is 10.5. The van der Waals surface area contributed by atoms with Crippen LogP contribution in [0.4, 0.5) is 0 Å². The highest BCUT2D eigenvalue weighted by atomic mass is 16.7. The summed E-state index contributed by atoms with van der Waals surface area (Å²) in [6.07, 6.45) is -3.72. The number of rotatable bonds is 13. The first kappa shape index (κ1) is 28.2. The smallest absolute Gasteiger partial charge is 0.184 e. The Balaban J connectivity index is 1.36. The third-order valence-corrected chi connectivity index (χ3v) is 6.86. The van der Waals surface area contributed by atoms with E-state index in [9.17, 15) is 5.11 Å². The van der Waals surface area contributed by atoms with Gasteiger partial charge in [0.2, 0.25) is 0 Å². The Morgan fingerprint density at radius 3 is 1.30 bits per heavy atom. The average molecular weight is 541 g/mol. The van der Waals surface area contributed by atoms with Crippen LogP contribution in [0.25, 0.3) is 0 Å². The monoisotopic (exact) mass is 540 g/mol. The summed E-state index contributed by atoms with van der Waals surface area (Å²) in [5.41, 5.74) is 4.10. The van der Waals surface area contributed by atoms with Gasteiger partial charge in [0, 0.05) is 0 Å². The molecule has 1 heterocycles. The summed E-state index contributed by atoms with van der Waals surface area (Å²) < 4.78 is 31.4. The molecule has 5 rings (SSSR count). The Morgan fingerprint density at radius 2 is 0.850 bits per heavy atom. The topological polar surface area (TPSA) is 66.4 Å². The lowest BCUT2D eigenvalue weighted by Gasteiger charge is -2.44. The molecule has 1 saturated heterocycles. The second kappa shape index (κ2) is 14.9. The highest BCUT2D eigenvalue weighted by molar-refractivity contribution is 5.16. The highest BCUT2D eigenvalue weighted by Gasteiger charge is 2.48. The third-order valence-electron chi connectivity index (χ3n) is 6.86. The molecule has 40 heavy (non-hydrogen) atoms. The van der Waals surface area contributed by atoms with E-state index >= 15 is 0 Å². The van der Waals surface area contributed by atoms with Gasteiger partial charge in [-0.25, -0.2) is 0 Å². The van der Waals surface area contributed by atoms with Gasteiger partial charge in [-0.2, -0.15) is 0 Å². The van der Waals surface area contributed by atoms with Gasteiger partial charge >= 0.3 is 0 Å². The predicted octanol–water partition coefficient (Wildman–Crippen LogP) is 5.68. The largest absolute Gasteiger partial charge is 0.374 e. The van der Waals surface area contributed by atoms with Crippen LogP contribution in [0.3, 0.4) is 0 Å². The van der Waals surface area contributed by atoms with Gasteiger partial charge in [-0.3, -0.25) is 0 Å². The van der Waals surface area contributed by atoms with Crippen molar-refractivity contribution in [3.63, 3.8) is 0 Å². The maximum Gasteiger partial charge on any atom is 0.184 e. The van der Waals surface area contributed by atoms with Crippen molar-refractivity contribution in [1.82, 2.24) is 0 Å². The van der Waals surface area contributed by atoms with E-state index < -0.39 is 30.7 Å². The van der Waals surface area contributed by atoms with Gasteiger partial charge < -0.3 is 28.8 Å². The van der Waals surface area contributed by atoms with Gasteiger partial charge in [0.1, 0.15) is 24.4 Å². The van der Waals surface area contributed by atoms with Crippen LogP contribution >= 0.6 is 0 Å². The summed E-state index contributed by atoms with van der Waals surface area (Å²) >= 11 is 0. The van der Waals surface area contributed by atoms with Crippen molar-refractivity contribution in [3.05, 3.63) is 144 Å². The summed E-state index contributed by atoms with van der Waals surface area (Å²) in [7, 11) is 0. The lowest BCUT2D eigenvalue weighted by atomic mass is 9.98. The quantitative estimate of drug-likeness (QED) is 0.236. The van der Waals surface area contributed by atoms with Gasteiger partial charge in [0.25, 0.3) is 0 Å². The van der Waals surface area contributed by atoms with E-state index in [1.165, 1.54) is 0 Å². The Hall–Kier alpha value is -3.36. The van der Waals surface area contributed by atoms with Crippen LogP contribution in [0.2, 0.25) is 0 Å². The number of benzene rings is 4. The molecule has 0 radical (unpaired) electrons. The standard InChI is InChI=1S/C34H36O6/c35-34-33(39-24-29-19-11-4-12-20-29)32(38-23-28-17-9-3-10-18-28)31(37-22-27-15-7-2-8-16-27)30(40-34)25-36-21-26-13-5-1-6-14-26/h1-20,30-35H,21-25H2/t30-,31-,32-,33-,34+/m1/s1. The van der Waals surface area contributed by atoms with Gasteiger partial charge in [-0.1, -0.05) is 121 Å². The van der Waals surface area contributed by atoms with E-state index in [1.807, 2.05) is 121 Å². The summed E-state index contributed by atoms with van der Waals surface area (Å²) in [6, 6.07) is 39.7. The molecule has 1 N–H and O–H groups in total. The van der Waals surface area contributed by atoms with E-state index in [1.54, 1.807) is 0 Å². The molecule has 1 fully saturated rings. The zero-order chi connectivity index (χ0) is 27.4. The molecule has 0 unspecified atom stereocenters. The average Bonchev–Trinajstić information content (AvgIpc) is 3.01. The minimum atomic E-state index is -1.22. The molecule has 0 bridgehead atoms. The molecular formula is C34H36O6. The zero-order valence-electron chi connectivity index (χ0n) is 22.5. The normalized spacial score (nSPS) is 22.7. The zero-order valence-corrected chi connectivity index (χ0v) is 22.5. The van der Waals surface area contributed by atoms with Crippen molar-refractivity contribution in [2.75, 3.05) is 6.61 Å². The summed E-state index contributed by atoms with van der Waals surface area (Å²) in [5, 5.41) is 11.2. The van der Waals surface area contributed by atoms with Crippen LogP contribution in [-0.4, -0.2) is 42.4 Å². The molecule has 0 spiro atoms. The van der Waals surface area contributed by atoms with E-state index in [4.69, 9.17) is 23.7 Å². The fraction of sp³-hybridized carbons (Fsp3) is 0.294. The molecule has 6 nitrogen and oxygen atoms in total. The molecule has 1 aliphatic heterocycles. The van der Waals surface area contributed by atoms with E-state index in [0.717, 1.165) is 22.3 Å². The van der Waals surface area contributed by atoms with Crippen LogP contribution < -0.4 is 0 Å². The molecule has 5 atom stereocenters. The van der Waals surface area contributed by atoms with Crippen LogP contribution in [0.5, 0.6) is 0 Å². The van der Waals surface area contributed by atoms with Crippen molar-refractivity contribution in [3.8, 4) is 0 Å². The lowest BCUT2D eigenvalue weighted by molar-refractivity contribution is -0.317. The Morgan fingerprint density at radius 1 is 0.475 bits per heavy atom. The van der Waals surface area contributed by atoms with Crippen LogP contribution in [0.1, 0.15) is 22.3 Å². The molecule has 6 heteroatoms. The molecular weight excluding hydrogens is 504 g/mol. The Labute approximate surface area is 236 Å². The van der Waals surface area contributed by atoms with E-state index in [0.29, 0.717) is 26.4 Å². The minimum absolute atomic E-state index is 0.224. The maximum absolute atomic E-state index is 11.2. The lowest BCUT2D eigenvalue weighted by Crippen LogP contribution is -2.61. The van der Waals surface area contributed by atoms with Crippen molar-refractivity contribution in [2.45, 2.75) is 57.1 Å². The molecule has 208 valence electrons. The second-order valence-corrected chi connectivity index (χ2v) is 9.85. The second-order valence-electron chi connectivity index (χ2n) is 9.85. The number of hydrogen-bond donors (Lipinski definition) is 1. The molecule has 0 saturated carbocycles. The Bertz CT molecular complexity index is 1240. The van der Waals surface area contributed by atoms with Crippen LogP contribution in [-0.2, 0) is 50.1 Å². The third kappa shape index (κ3) is 8.08. The highest BCUT2D eigenvalue weighted by Crippen LogP contribution is 2.30. The van der Waals surface area contributed by atoms with Gasteiger partial charge in [-0.05, 0) is 22.3 Å². The van der Waals surface area contributed by atoms with Crippen LogP contribution in [0, 0.1) is 0 Å². The number of ether oxygens (including phenoxy) is 5. The molecule has 1 aliphatic rings. The number of aliphatic hydroxyl groups is 1. The molecule has 4 aromatic carbocycles. The first-order valence-corrected chi connectivity index (χ1v) is 13.7. The van der Waals surface area contributed by atoms with Crippen LogP contribution in [0.15, 0.2) is 121 Å². The molecule has 0 aliphatic carbocycles. The molecule has 0 amide bonds. The summed E-state index contributed by atoms with van der Waals surface area (Å²) in [5.74, 6) is 0. The van der Waals surface area contributed by atoms with E-state index in [2.05, 4.69) is 0 Å². The number of aliphatic hydroxyl groups excluding tert-OH is 1. The predicted molar refractivity (Wildman–Crippen MR) is 152 cm³/mol. The summed E-state index contributed by atoms with van der Waals surface area (Å²) in [6.45, 7) is 1.65. The molecule has 4 aromatic rings. The van der Waals surface area contributed by atoms with Crippen molar-refractivity contribution in [2.24, 2.45) is 0 Å². The fourth-order valence-electron chi connectivity index (χ4n) is 4.77. The van der Waals surface area contributed by atoms with Crippen molar-refractivity contribution < 1.29 is 28.8 Å². The van der Waals surface area contributed by atoms with Gasteiger partial charge in [-0.15, -0.1) is 0 Å².